The van der Waals surface area contributed by atoms with Gasteiger partial charge >= 0.3 is 0 Å². The van der Waals surface area contributed by atoms with Crippen LogP contribution in [0.4, 0.5) is 5.69 Å². The summed E-state index contributed by atoms with van der Waals surface area (Å²) in [5.41, 5.74) is 10.8. The van der Waals surface area contributed by atoms with E-state index in [-0.39, 0.29) is 5.91 Å². The number of H-pyrrole nitrogens is 1. The van der Waals surface area contributed by atoms with Crippen LogP contribution in [0.2, 0.25) is 5.02 Å². The molecule has 7 heteroatoms. The Kier molecular flexibility index (Phi) is 4.81. The Morgan fingerprint density at radius 2 is 1.97 bits per heavy atom. The van der Waals surface area contributed by atoms with Gasteiger partial charge < -0.3 is 15.6 Å². The third-order valence-electron chi connectivity index (χ3n) is 5.64. The van der Waals surface area contributed by atoms with Crippen LogP contribution < -0.4 is 5.73 Å². The van der Waals surface area contributed by atoms with Gasteiger partial charge in [-0.25, -0.2) is 0 Å². The standard InChI is InChI=1S/C23H22ClN5O/c24-17-2-4-21-16(10-17)11-18(27-21)13-28-7-8-29(23(30)14-28)12-15-1-3-19-20(25)5-6-26-22(19)9-15/h1-6,9-11,27H,7-8,12-14H2,(H2,25,26). The lowest BCUT2D eigenvalue weighted by atomic mass is 10.1. The second-order valence-electron chi connectivity index (χ2n) is 7.80. The van der Waals surface area contributed by atoms with E-state index >= 15 is 0 Å². The van der Waals surface area contributed by atoms with Crippen LogP contribution in [0.25, 0.3) is 21.8 Å². The molecule has 5 rings (SSSR count). The molecule has 3 heterocycles. The molecule has 0 bridgehead atoms. The molecule has 0 unspecified atom stereocenters. The number of piperazine rings is 1. The number of hydrogen-bond donors (Lipinski definition) is 2. The van der Waals surface area contributed by atoms with Gasteiger partial charge in [0.05, 0.1) is 12.1 Å². The summed E-state index contributed by atoms with van der Waals surface area (Å²) >= 11 is 6.08. The minimum absolute atomic E-state index is 0.140. The van der Waals surface area contributed by atoms with Gasteiger partial charge in [-0.3, -0.25) is 14.7 Å². The summed E-state index contributed by atoms with van der Waals surface area (Å²) < 4.78 is 0. The average Bonchev–Trinajstić information content (AvgIpc) is 3.11. The highest BCUT2D eigenvalue weighted by Gasteiger charge is 2.24. The predicted molar refractivity (Wildman–Crippen MR) is 120 cm³/mol. The van der Waals surface area contributed by atoms with Gasteiger partial charge in [0.25, 0.3) is 0 Å². The molecule has 2 aromatic heterocycles. The number of nitrogen functional groups attached to an aromatic ring is 1. The number of fused-ring (bicyclic) bond motifs is 2. The average molecular weight is 420 g/mol. The van der Waals surface area contributed by atoms with Crippen LogP contribution in [0, 0.1) is 0 Å². The van der Waals surface area contributed by atoms with Crippen molar-refractivity contribution in [2.75, 3.05) is 25.4 Å². The fraction of sp³-hybridized carbons (Fsp3) is 0.217. The number of carbonyl (C=O) groups is 1. The molecule has 1 amide bonds. The van der Waals surface area contributed by atoms with Crippen LogP contribution in [-0.4, -0.2) is 45.3 Å². The van der Waals surface area contributed by atoms with Crippen LogP contribution >= 0.6 is 11.6 Å². The lowest BCUT2D eigenvalue weighted by molar-refractivity contribution is -0.136. The Labute approximate surface area is 179 Å². The van der Waals surface area contributed by atoms with Crippen LogP contribution in [0.1, 0.15) is 11.3 Å². The van der Waals surface area contributed by atoms with Gasteiger partial charge in [-0.15, -0.1) is 0 Å². The van der Waals surface area contributed by atoms with E-state index in [9.17, 15) is 4.79 Å². The number of pyridine rings is 1. The Balaban J connectivity index is 1.24. The maximum atomic E-state index is 12.8. The van der Waals surface area contributed by atoms with E-state index in [0.717, 1.165) is 50.3 Å². The highest BCUT2D eigenvalue weighted by Crippen LogP contribution is 2.23. The van der Waals surface area contributed by atoms with E-state index in [1.54, 1.807) is 12.3 Å². The summed E-state index contributed by atoms with van der Waals surface area (Å²) in [5, 5.41) is 2.76. The number of anilines is 1. The summed E-state index contributed by atoms with van der Waals surface area (Å²) in [6, 6.07) is 15.7. The second kappa shape index (κ2) is 7.63. The van der Waals surface area contributed by atoms with E-state index in [0.29, 0.717) is 26.2 Å². The summed E-state index contributed by atoms with van der Waals surface area (Å²) in [7, 11) is 0. The third kappa shape index (κ3) is 3.72. The number of rotatable bonds is 4. The minimum atomic E-state index is 0.140. The number of hydrogen-bond acceptors (Lipinski definition) is 4. The van der Waals surface area contributed by atoms with E-state index in [1.807, 2.05) is 41.3 Å². The molecule has 152 valence electrons. The third-order valence-corrected chi connectivity index (χ3v) is 5.88. The molecule has 1 saturated heterocycles. The number of aromatic nitrogens is 2. The van der Waals surface area contributed by atoms with Crippen LogP contribution in [0.15, 0.2) is 54.7 Å². The fourth-order valence-corrected chi connectivity index (χ4v) is 4.26. The SMILES string of the molecule is Nc1ccnc2cc(CN3CCN(Cc4cc5cc(Cl)ccc5[nH]4)CC3=O)ccc12. The van der Waals surface area contributed by atoms with Gasteiger partial charge in [-0.05, 0) is 42.0 Å². The maximum Gasteiger partial charge on any atom is 0.237 e. The van der Waals surface area contributed by atoms with Gasteiger partial charge in [0.2, 0.25) is 5.91 Å². The first-order valence-corrected chi connectivity index (χ1v) is 10.3. The number of nitrogens with one attached hydrogen (secondary N) is 1. The van der Waals surface area contributed by atoms with Crippen molar-refractivity contribution in [1.82, 2.24) is 19.8 Å². The number of halogens is 1. The zero-order valence-electron chi connectivity index (χ0n) is 16.4. The summed E-state index contributed by atoms with van der Waals surface area (Å²) in [6.07, 6.45) is 1.71. The Morgan fingerprint density at radius 1 is 1.07 bits per heavy atom. The summed E-state index contributed by atoms with van der Waals surface area (Å²) in [5.74, 6) is 0.140. The van der Waals surface area contributed by atoms with Crippen molar-refractivity contribution < 1.29 is 4.79 Å². The number of amides is 1. The van der Waals surface area contributed by atoms with Crippen molar-refractivity contribution in [3.05, 3.63) is 71.0 Å². The fourth-order valence-electron chi connectivity index (χ4n) is 4.08. The molecule has 1 aliphatic heterocycles. The largest absolute Gasteiger partial charge is 0.398 e. The first-order valence-electron chi connectivity index (χ1n) is 9.95. The topological polar surface area (TPSA) is 78.2 Å². The quantitative estimate of drug-likeness (QED) is 0.527. The molecule has 0 saturated carbocycles. The molecule has 1 aliphatic rings. The molecule has 4 aromatic rings. The van der Waals surface area contributed by atoms with Gasteiger partial charge in [0, 0.05) is 65.1 Å². The van der Waals surface area contributed by atoms with Crippen LogP contribution in [-0.2, 0) is 17.9 Å². The van der Waals surface area contributed by atoms with Gasteiger partial charge in [0.15, 0.2) is 0 Å². The lowest BCUT2D eigenvalue weighted by Crippen LogP contribution is -2.49. The first-order chi connectivity index (χ1) is 14.5. The van der Waals surface area contributed by atoms with Crippen LogP contribution in [0.5, 0.6) is 0 Å². The molecular weight excluding hydrogens is 398 g/mol. The molecule has 0 spiro atoms. The number of nitrogens with two attached hydrogens (primary N) is 1. The van der Waals surface area contributed by atoms with E-state index in [1.165, 1.54) is 0 Å². The van der Waals surface area contributed by atoms with Crippen molar-refractivity contribution in [2.24, 2.45) is 0 Å². The molecule has 1 fully saturated rings. The molecule has 0 atom stereocenters. The van der Waals surface area contributed by atoms with E-state index in [4.69, 9.17) is 17.3 Å². The Morgan fingerprint density at radius 3 is 2.83 bits per heavy atom. The van der Waals surface area contributed by atoms with Crippen molar-refractivity contribution in [3.8, 4) is 0 Å². The number of carbonyl (C=O) groups excluding carboxylic acids is 1. The molecule has 6 nitrogen and oxygen atoms in total. The Hall–Kier alpha value is -3.09. The minimum Gasteiger partial charge on any atom is -0.398 e. The van der Waals surface area contributed by atoms with Gasteiger partial charge in [-0.1, -0.05) is 23.7 Å². The first kappa shape index (κ1) is 18.9. The Bertz CT molecular complexity index is 1250. The van der Waals surface area contributed by atoms with Crippen molar-refractivity contribution in [1.29, 1.82) is 0 Å². The molecule has 0 radical (unpaired) electrons. The second-order valence-corrected chi connectivity index (χ2v) is 8.24. The van der Waals surface area contributed by atoms with Crippen molar-refractivity contribution in [2.45, 2.75) is 13.1 Å². The molecule has 2 aromatic carbocycles. The normalized spacial score (nSPS) is 15.4. The van der Waals surface area contributed by atoms with Crippen molar-refractivity contribution in [3.63, 3.8) is 0 Å². The predicted octanol–water partition coefficient (Wildman–Crippen LogP) is 3.80. The molecule has 30 heavy (non-hydrogen) atoms. The van der Waals surface area contributed by atoms with Crippen molar-refractivity contribution >= 4 is 45.0 Å². The molecule has 0 aliphatic carbocycles. The number of aromatic amines is 1. The van der Waals surface area contributed by atoms with E-state index in [2.05, 4.69) is 20.9 Å². The number of benzene rings is 2. The summed E-state index contributed by atoms with van der Waals surface area (Å²) in [6.45, 7) is 3.25. The highest BCUT2D eigenvalue weighted by atomic mass is 35.5. The number of nitrogens with zero attached hydrogens (tertiary/aromatic N) is 3. The van der Waals surface area contributed by atoms with E-state index < -0.39 is 0 Å². The van der Waals surface area contributed by atoms with Gasteiger partial charge in [-0.2, -0.15) is 0 Å². The smallest absolute Gasteiger partial charge is 0.237 e. The van der Waals surface area contributed by atoms with Gasteiger partial charge in [0.1, 0.15) is 0 Å². The zero-order valence-corrected chi connectivity index (χ0v) is 17.2. The molecular formula is C23H22ClN5O. The maximum absolute atomic E-state index is 12.8. The highest BCUT2D eigenvalue weighted by molar-refractivity contribution is 6.31. The summed E-state index contributed by atoms with van der Waals surface area (Å²) in [4.78, 5) is 24.6. The molecule has 3 N–H and O–H groups in total. The van der Waals surface area contributed by atoms with Crippen LogP contribution in [0.3, 0.4) is 0 Å². The lowest BCUT2D eigenvalue weighted by Gasteiger charge is -2.34. The zero-order chi connectivity index (χ0) is 20.7. The monoisotopic (exact) mass is 419 g/mol.